The van der Waals surface area contributed by atoms with E-state index in [4.69, 9.17) is 5.11 Å². The molecule has 19 heavy (non-hydrogen) atoms. The molecule has 0 bridgehead atoms. The van der Waals surface area contributed by atoms with Gasteiger partial charge in [0.15, 0.2) is 0 Å². The van der Waals surface area contributed by atoms with Gasteiger partial charge in [0, 0.05) is 24.0 Å². The number of nitrogens with zero attached hydrogens (tertiary/aromatic N) is 1. The summed E-state index contributed by atoms with van der Waals surface area (Å²) in [6.07, 6.45) is 3.77. The van der Waals surface area contributed by atoms with Crippen molar-refractivity contribution in [1.29, 1.82) is 0 Å². The van der Waals surface area contributed by atoms with Crippen molar-refractivity contribution in [3.05, 3.63) is 26.9 Å². The third-order valence-corrected chi connectivity index (χ3v) is 4.87. The smallest absolute Gasteiger partial charge is 0.311 e. The van der Waals surface area contributed by atoms with Gasteiger partial charge in [-0.2, -0.15) is 0 Å². The van der Waals surface area contributed by atoms with E-state index in [1.807, 2.05) is 12.1 Å². The van der Waals surface area contributed by atoms with Crippen LogP contribution in [0.3, 0.4) is 0 Å². The number of carbonyl (C=O) groups is 2. The van der Waals surface area contributed by atoms with E-state index in [-0.39, 0.29) is 12.5 Å². The van der Waals surface area contributed by atoms with E-state index in [1.165, 1.54) is 6.08 Å². The predicted molar refractivity (Wildman–Crippen MR) is 78.0 cm³/mol. The van der Waals surface area contributed by atoms with Crippen LogP contribution in [0.2, 0.25) is 0 Å². The van der Waals surface area contributed by atoms with Crippen LogP contribution in [-0.2, 0) is 9.59 Å². The van der Waals surface area contributed by atoms with Gasteiger partial charge in [-0.1, -0.05) is 0 Å². The molecule has 0 radical (unpaired) electrons. The summed E-state index contributed by atoms with van der Waals surface area (Å²) < 4.78 is 1.01. The number of carboxylic acid groups (broad SMARTS) is 1. The molecule has 1 aliphatic heterocycles. The summed E-state index contributed by atoms with van der Waals surface area (Å²) in [6, 6.07) is 3.84. The Balaban J connectivity index is 1.99. The molecule has 1 aromatic rings. The van der Waals surface area contributed by atoms with Gasteiger partial charge in [-0.15, -0.1) is 11.3 Å². The molecule has 1 saturated heterocycles. The molecule has 4 nitrogen and oxygen atoms in total. The third-order valence-electron chi connectivity index (χ3n) is 3.29. The lowest BCUT2D eigenvalue weighted by atomic mass is 9.90. The maximum Gasteiger partial charge on any atom is 0.311 e. The Labute approximate surface area is 123 Å². The molecular formula is C13H14BrNO3S. The molecule has 1 amide bonds. The van der Waals surface area contributed by atoms with Gasteiger partial charge in [0.25, 0.3) is 0 Å². The minimum Gasteiger partial charge on any atom is -0.481 e. The van der Waals surface area contributed by atoms with Crippen molar-refractivity contribution in [2.45, 2.75) is 13.3 Å². The monoisotopic (exact) mass is 343 g/mol. The van der Waals surface area contributed by atoms with Crippen LogP contribution < -0.4 is 0 Å². The van der Waals surface area contributed by atoms with Crippen LogP contribution in [-0.4, -0.2) is 35.0 Å². The number of amides is 1. The summed E-state index contributed by atoms with van der Waals surface area (Å²) >= 11 is 4.90. The molecule has 0 saturated carbocycles. The fraction of sp³-hybridized carbons (Fsp3) is 0.385. The highest BCUT2D eigenvalue weighted by Crippen LogP contribution is 2.30. The molecular weight excluding hydrogens is 330 g/mol. The topological polar surface area (TPSA) is 57.6 Å². The van der Waals surface area contributed by atoms with Gasteiger partial charge < -0.3 is 10.0 Å². The Kier molecular flexibility index (Phi) is 4.10. The maximum atomic E-state index is 12.0. The molecule has 1 aromatic heterocycles. The van der Waals surface area contributed by atoms with Gasteiger partial charge in [-0.05, 0) is 47.5 Å². The van der Waals surface area contributed by atoms with E-state index < -0.39 is 11.4 Å². The lowest BCUT2D eigenvalue weighted by Crippen LogP contribution is -2.34. The number of aliphatic carboxylic acids is 1. The number of hydrogen-bond donors (Lipinski definition) is 1. The van der Waals surface area contributed by atoms with Gasteiger partial charge in [0.1, 0.15) is 0 Å². The quantitative estimate of drug-likeness (QED) is 0.858. The van der Waals surface area contributed by atoms with E-state index in [0.717, 1.165) is 8.66 Å². The second kappa shape index (κ2) is 5.46. The van der Waals surface area contributed by atoms with Crippen LogP contribution >= 0.6 is 27.3 Å². The van der Waals surface area contributed by atoms with E-state index in [1.54, 1.807) is 29.2 Å². The zero-order valence-electron chi connectivity index (χ0n) is 10.4. The van der Waals surface area contributed by atoms with Crippen LogP contribution in [0.25, 0.3) is 6.08 Å². The summed E-state index contributed by atoms with van der Waals surface area (Å²) in [5, 5.41) is 9.12. The van der Waals surface area contributed by atoms with E-state index >= 15 is 0 Å². The van der Waals surface area contributed by atoms with Crippen molar-refractivity contribution in [3.8, 4) is 0 Å². The highest BCUT2D eigenvalue weighted by Gasteiger charge is 2.41. The fourth-order valence-electron chi connectivity index (χ4n) is 2.00. The van der Waals surface area contributed by atoms with Crippen LogP contribution in [0.4, 0.5) is 0 Å². The second-order valence-electron chi connectivity index (χ2n) is 4.85. The molecule has 6 heteroatoms. The number of carbonyl (C=O) groups excluding carboxylic acids is 1. The summed E-state index contributed by atoms with van der Waals surface area (Å²) in [5.41, 5.74) is -0.810. The first-order valence-corrected chi connectivity index (χ1v) is 7.47. The fourth-order valence-corrected chi connectivity index (χ4v) is 3.33. The second-order valence-corrected chi connectivity index (χ2v) is 7.35. The number of halogens is 1. The number of hydrogen-bond acceptors (Lipinski definition) is 3. The molecule has 2 rings (SSSR count). The molecule has 0 unspecified atom stereocenters. The van der Waals surface area contributed by atoms with Crippen molar-refractivity contribution in [1.82, 2.24) is 4.90 Å². The lowest BCUT2D eigenvalue weighted by Gasteiger charge is -2.18. The normalized spacial score (nSPS) is 23.2. The summed E-state index contributed by atoms with van der Waals surface area (Å²) in [5.74, 6) is -0.969. The number of carboxylic acids is 1. The Morgan fingerprint density at radius 2 is 2.26 bits per heavy atom. The molecule has 0 aromatic carbocycles. The maximum absolute atomic E-state index is 12.0. The lowest BCUT2D eigenvalue weighted by molar-refractivity contribution is -0.147. The molecule has 1 aliphatic rings. The van der Waals surface area contributed by atoms with Crippen molar-refractivity contribution >= 4 is 45.2 Å². The first-order chi connectivity index (χ1) is 8.90. The molecule has 0 aliphatic carbocycles. The average Bonchev–Trinajstić information content (AvgIpc) is 2.94. The molecule has 1 fully saturated rings. The van der Waals surface area contributed by atoms with E-state index in [0.29, 0.717) is 13.0 Å². The molecule has 1 N–H and O–H groups in total. The SMILES string of the molecule is C[C@]1(C(=O)O)CCN(C(=O)/C=C/c2ccc(Br)s2)C1. The van der Waals surface area contributed by atoms with Crippen molar-refractivity contribution < 1.29 is 14.7 Å². The van der Waals surface area contributed by atoms with Gasteiger partial charge in [-0.3, -0.25) is 9.59 Å². The van der Waals surface area contributed by atoms with Gasteiger partial charge >= 0.3 is 5.97 Å². The van der Waals surface area contributed by atoms with Gasteiger partial charge in [0.2, 0.25) is 5.91 Å². The third kappa shape index (κ3) is 3.25. The van der Waals surface area contributed by atoms with Crippen molar-refractivity contribution in [2.24, 2.45) is 5.41 Å². The van der Waals surface area contributed by atoms with E-state index in [2.05, 4.69) is 15.9 Å². The molecule has 1 atom stereocenters. The van der Waals surface area contributed by atoms with Crippen molar-refractivity contribution in [3.63, 3.8) is 0 Å². The molecule has 0 spiro atoms. The number of thiophene rings is 1. The van der Waals surface area contributed by atoms with Crippen LogP contribution in [0, 0.1) is 5.41 Å². The van der Waals surface area contributed by atoms with Crippen molar-refractivity contribution in [2.75, 3.05) is 13.1 Å². The minimum atomic E-state index is -0.839. The Morgan fingerprint density at radius 3 is 2.79 bits per heavy atom. The Hall–Kier alpha value is -1.14. The summed E-state index contributed by atoms with van der Waals surface area (Å²) in [4.78, 5) is 25.7. The van der Waals surface area contributed by atoms with Crippen LogP contribution in [0.5, 0.6) is 0 Å². The molecule has 102 valence electrons. The average molecular weight is 344 g/mol. The zero-order valence-corrected chi connectivity index (χ0v) is 12.8. The highest BCUT2D eigenvalue weighted by atomic mass is 79.9. The largest absolute Gasteiger partial charge is 0.481 e. The van der Waals surface area contributed by atoms with Gasteiger partial charge in [0.05, 0.1) is 9.20 Å². The first kappa shape index (κ1) is 14.3. The van der Waals surface area contributed by atoms with Crippen LogP contribution in [0.15, 0.2) is 22.0 Å². The first-order valence-electron chi connectivity index (χ1n) is 5.86. The zero-order chi connectivity index (χ0) is 14.0. The van der Waals surface area contributed by atoms with Crippen LogP contribution in [0.1, 0.15) is 18.2 Å². The molecule has 2 heterocycles. The summed E-state index contributed by atoms with van der Waals surface area (Å²) in [7, 11) is 0. The standard InChI is InChI=1S/C13H14BrNO3S/c1-13(12(17)18)6-7-15(8-13)11(16)5-3-9-2-4-10(14)19-9/h2-5H,6-8H2,1H3,(H,17,18)/b5-3+/t13-/m0/s1. The highest BCUT2D eigenvalue weighted by molar-refractivity contribution is 9.11. The van der Waals surface area contributed by atoms with E-state index in [9.17, 15) is 9.59 Å². The minimum absolute atomic E-state index is 0.130. The predicted octanol–water partition coefficient (Wildman–Crippen LogP) is 2.85. The Bertz CT molecular complexity index is 540. The number of likely N-dealkylation sites (tertiary alicyclic amines) is 1. The Morgan fingerprint density at radius 1 is 1.53 bits per heavy atom. The number of rotatable bonds is 3. The van der Waals surface area contributed by atoms with Gasteiger partial charge in [-0.25, -0.2) is 0 Å². The summed E-state index contributed by atoms with van der Waals surface area (Å²) in [6.45, 7) is 2.46.